The molecular formula is C15H24O. The maximum atomic E-state index is 11.9. The van der Waals surface area contributed by atoms with E-state index in [0.717, 1.165) is 24.2 Å². The van der Waals surface area contributed by atoms with Gasteiger partial charge in [-0.2, -0.15) is 0 Å². The topological polar surface area (TPSA) is 17.1 Å². The first-order valence-corrected chi connectivity index (χ1v) is 7.39. The molecule has 90 valence electrons. The van der Waals surface area contributed by atoms with Crippen molar-refractivity contribution in [2.24, 2.45) is 23.7 Å². The number of rotatable bonds is 1. The third-order valence-electron chi connectivity index (χ3n) is 5.51. The standard InChI is InChI=1S/C15H24O/c16-15-8-4-7-13-12(9-10-14(13)15)11-5-2-1-3-6-11/h11-14H,1-10H2/t12?,13-,14+/m1/s1. The van der Waals surface area contributed by atoms with Crippen molar-refractivity contribution in [3.05, 3.63) is 0 Å². The molecule has 0 aromatic heterocycles. The number of hydrogen-bond acceptors (Lipinski definition) is 1. The molecule has 3 aliphatic carbocycles. The molecule has 1 unspecified atom stereocenters. The van der Waals surface area contributed by atoms with Gasteiger partial charge >= 0.3 is 0 Å². The Morgan fingerprint density at radius 1 is 0.750 bits per heavy atom. The van der Waals surface area contributed by atoms with Crippen molar-refractivity contribution in [1.82, 2.24) is 0 Å². The van der Waals surface area contributed by atoms with Crippen molar-refractivity contribution in [3.8, 4) is 0 Å². The number of carbonyl (C=O) groups excluding carboxylic acids is 1. The van der Waals surface area contributed by atoms with E-state index in [1.54, 1.807) is 0 Å². The smallest absolute Gasteiger partial charge is 0.136 e. The van der Waals surface area contributed by atoms with E-state index in [9.17, 15) is 4.79 Å². The van der Waals surface area contributed by atoms with Crippen molar-refractivity contribution in [2.45, 2.75) is 64.2 Å². The molecule has 3 atom stereocenters. The Labute approximate surface area is 99.0 Å². The van der Waals surface area contributed by atoms with E-state index in [-0.39, 0.29) is 0 Å². The average molecular weight is 220 g/mol. The number of carbonyl (C=O) groups is 1. The van der Waals surface area contributed by atoms with Crippen LogP contribution in [0.3, 0.4) is 0 Å². The minimum absolute atomic E-state index is 0.487. The molecule has 0 N–H and O–H groups in total. The van der Waals surface area contributed by atoms with Crippen molar-refractivity contribution in [3.63, 3.8) is 0 Å². The van der Waals surface area contributed by atoms with Crippen LogP contribution < -0.4 is 0 Å². The van der Waals surface area contributed by atoms with Crippen LogP contribution in [-0.4, -0.2) is 5.78 Å². The molecule has 0 aromatic carbocycles. The predicted molar refractivity (Wildman–Crippen MR) is 65.1 cm³/mol. The van der Waals surface area contributed by atoms with E-state index in [2.05, 4.69) is 0 Å². The SMILES string of the molecule is O=C1CCC[C@@H]2C(C3CCCCC3)CC[C@H]12. The largest absolute Gasteiger partial charge is 0.299 e. The van der Waals surface area contributed by atoms with Gasteiger partial charge in [-0.05, 0) is 43.4 Å². The quantitative estimate of drug-likeness (QED) is 0.653. The Morgan fingerprint density at radius 3 is 2.38 bits per heavy atom. The summed E-state index contributed by atoms with van der Waals surface area (Å²) in [5.41, 5.74) is 0. The first kappa shape index (κ1) is 10.8. The van der Waals surface area contributed by atoms with E-state index in [4.69, 9.17) is 0 Å². The fourth-order valence-corrected chi connectivity index (χ4v) is 4.76. The van der Waals surface area contributed by atoms with Gasteiger partial charge in [0.25, 0.3) is 0 Å². The van der Waals surface area contributed by atoms with Crippen LogP contribution in [0.4, 0.5) is 0 Å². The van der Waals surface area contributed by atoms with E-state index in [0.29, 0.717) is 11.7 Å². The second-order valence-electron chi connectivity index (χ2n) is 6.27. The van der Waals surface area contributed by atoms with Gasteiger partial charge in [0, 0.05) is 12.3 Å². The van der Waals surface area contributed by atoms with Crippen LogP contribution in [0, 0.1) is 23.7 Å². The summed E-state index contributed by atoms with van der Waals surface area (Å²) >= 11 is 0. The highest BCUT2D eigenvalue weighted by Gasteiger charge is 2.44. The molecule has 3 fully saturated rings. The Hall–Kier alpha value is -0.330. The third-order valence-corrected chi connectivity index (χ3v) is 5.51. The fourth-order valence-electron chi connectivity index (χ4n) is 4.76. The van der Waals surface area contributed by atoms with Gasteiger partial charge in [0.05, 0.1) is 0 Å². The summed E-state index contributed by atoms with van der Waals surface area (Å²) in [6.07, 6.45) is 13.3. The van der Waals surface area contributed by atoms with Gasteiger partial charge < -0.3 is 0 Å². The highest BCUT2D eigenvalue weighted by Crippen LogP contribution is 2.50. The molecular weight excluding hydrogens is 196 g/mol. The van der Waals surface area contributed by atoms with E-state index in [1.165, 1.54) is 57.8 Å². The Balaban J connectivity index is 1.69. The van der Waals surface area contributed by atoms with Crippen molar-refractivity contribution < 1.29 is 4.79 Å². The van der Waals surface area contributed by atoms with E-state index < -0.39 is 0 Å². The second kappa shape index (κ2) is 4.50. The zero-order valence-electron chi connectivity index (χ0n) is 10.3. The van der Waals surface area contributed by atoms with E-state index in [1.807, 2.05) is 0 Å². The van der Waals surface area contributed by atoms with Crippen molar-refractivity contribution >= 4 is 5.78 Å². The predicted octanol–water partition coefficient (Wildman–Crippen LogP) is 3.96. The minimum Gasteiger partial charge on any atom is -0.299 e. The zero-order valence-corrected chi connectivity index (χ0v) is 10.3. The molecule has 3 aliphatic rings. The van der Waals surface area contributed by atoms with Crippen LogP contribution in [0.2, 0.25) is 0 Å². The third kappa shape index (κ3) is 1.83. The van der Waals surface area contributed by atoms with Crippen LogP contribution in [-0.2, 0) is 4.79 Å². The molecule has 1 nitrogen and oxygen atoms in total. The first-order chi connectivity index (χ1) is 7.86. The molecule has 0 saturated heterocycles. The second-order valence-corrected chi connectivity index (χ2v) is 6.27. The molecule has 3 rings (SSSR count). The van der Waals surface area contributed by atoms with Gasteiger partial charge in [0.2, 0.25) is 0 Å². The fraction of sp³-hybridized carbons (Fsp3) is 0.933. The Morgan fingerprint density at radius 2 is 1.56 bits per heavy atom. The molecule has 0 aliphatic heterocycles. The number of ketones is 1. The van der Waals surface area contributed by atoms with Crippen LogP contribution in [0.1, 0.15) is 64.2 Å². The van der Waals surface area contributed by atoms with E-state index >= 15 is 0 Å². The van der Waals surface area contributed by atoms with Crippen LogP contribution in [0.5, 0.6) is 0 Å². The number of hydrogen-bond donors (Lipinski definition) is 0. The summed E-state index contributed by atoms with van der Waals surface area (Å²) in [5, 5.41) is 0. The van der Waals surface area contributed by atoms with Crippen molar-refractivity contribution in [2.75, 3.05) is 0 Å². The molecule has 0 radical (unpaired) electrons. The molecule has 1 heteroatoms. The molecule has 0 amide bonds. The van der Waals surface area contributed by atoms with Gasteiger partial charge in [0.1, 0.15) is 5.78 Å². The maximum Gasteiger partial charge on any atom is 0.136 e. The van der Waals surface area contributed by atoms with Crippen molar-refractivity contribution in [1.29, 1.82) is 0 Å². The number of fused-ring (bicyclic) bond motifs is 1. The molecule has 16 heavy (non-hydrogen) atoms. The summed E-state index contributed by atoms with van der Waals surface area (Å²) in [7, 11) is 0. The molecule has 0 bridgehead atoms. The lowest BCUT2D eigenvalue weighted by Crippen LogP contribution is -2.30. The van der Waals surface area contributed by atoms with Crippen LogP contribution >= 0.6 is 0 Å². The molecule has 0 heterocycles. The lowest BCUT2D eigenvalue weighted by molar-refractivity contribution is -0.126. The summed E-state index contributed by atoms with van der Waals surface area (Å²) in [6.45, 7) is 0. The monoisotopic (exact) mass is 220 g/mol. The lowest BCUT2D eigenvalue weighted by atomic mass is 9.70. The van der Waals surface area contributed by atoms with Gasteiger partial charge in [0.15, 0.2) is 0 Å². The van der Waals surface area contributed by atoms with Crippen LogP contribution in [0.25, 0.3) is 0 Å². The van der Waals surface area contributed by atoms with Crippen LogP contribution in [0.15, 0.2) is 0 Å². The highest BCUT2D eigenvalue weighted by molar-refractivity contribution is 5.82. The average Bonchev–Trinajstić information content (AvgIpc) is 2.75. The summed E-state index contributed by atoms with van der Waals surface area (Å²) in [5.74, 6) is 3.80. The Kier molecular flexibility index (Phi) is 3.04. The summed E-state index contributed by atoms with van der Waals surface area (Å²) in [6, 6.07) is 0. The molecule has 0 spiro atoms. The van der Waals surface area contributed by atoms with Gasteiger partial charge in [-0.25, -0.2) is 0 Å². The normalized spacial score (nSPS) is 41.0. The first-order valence-electron chi connectivity index (χ1n) is 7.39. The maximum absolute atomic E-state index is 11.9. The minimum atomic E-state index is 0.487. The van der Waals surface area contributed by atoms with Gasteiger partial charge in [-0.15, -0.1) is 0 Å². The zero-order chi connectivity index (χ0) is 11.0. The van der Waals surface area contributed by atoms with Gasteiger partial charge in [-0.1, -0.05) is 32.1 Å². The summed E-state index contributed by atoms with van der Waals surface area (Å²) in [4.78, 5) is 11.9. The molecule has 3 saturated carbocycles. The summed E-state index contributed by atoms with van der Waals surface area (Å²) < 4.78 is 0. The highest BCUT2D eigenvalue weighted by atomic mass is 16.1. The number of Topliss-reactive ketones (excluding diaryl/α,β-unsaturated/α-hetero) is 1. The Bertz CT molecular complexity index is 265. The molecule has 0 aromatic rings. The lowest BCUT2D eigenvalue weighted by Gasteiger charge is -2.35. The van der Waals surface area contributed by atoms with Gasteiger partial charge in [-0.3, -0.25) is 4.79 Å².